The molecule has 124 valence electrons. The van der Waals surface area contributed by atoms with Gasteiger partial charge < -0.3 is 4.90 Å². The fourth-order valence-corrected chi connectivity index (χ4v) is 2.97. The standard InChI is InChI=1S/C17H19N5OS/c1-21(2)16-14(15-9-10-18-17(20-15)24(3)23)11-19-22(16)12-13-7-5-4-6-8-13/h4-11H,12H2,1-3H3. The van der Waals surface area contributed by atoms with Crippen LogP contribution in [0.5, 0.6) is 0 Å². The number of hydrogen-bond donors (Lipinski definition) is 0. The lowest BCUT2D eigenvalue weighted by molar-refractivity contribution is 0.679. The second-order valence-corrected chi connectivity index (χ2v) is 6.87. The summed E-state index contributed by atoms with van der Waals surface area (Å²) in [5.41, 5.74) is 2.79. The quantitative estimate of drug-likeness (QED) is 0.666. The molecule has 0 saturated carbocycles. The van der Waals surface area contributed by atoms with E-state index >= 15 is 0 Å². The summed E-state index contributed by atoms with van der Waals surface area (Å²) in [4.78, 5) is 10.5. The first-order valence-electron chi connectivity index (χ1n) is 7.50. The Morgan fingerprint density at radius 1 is 1.17 bits per heavy atom. The van der Waals surface area contributed by atoms with Crippen LogP contribution in [-0.2, 0) is 17.3 Å². The first-order valence-corrected chi connectivity index (χ1v) is 9.06. The second kappa shape index (κ2) is 6.92. The SMILES string of the molecule is CN(C)c1c(-c2ccnc(S(C)=O)n2)cnn1Cc1ccccc1. The third kappa shape index (κ3) is 3.35. The van der Waals surface area contributed by atoms with E-state index in [0.29, 0.717) is 11.7 Å². The van der Waals surface area contributed by atoms with Crippen LogP contribution in [0.1, 0.15) is 5.56 Å². The molecule has 1 aromatic carbocycles. The zero-order chi connectivity index (χ0) is 17.1. The molecule has 3 rings (SSSR count). The topological polar surface area (TPSA) is 63.9 Å². The molecule has 1 unspecified atom stereocenters. The van der Waals surface area contributed by atoms with E-state index in [0.717, 1.165) is 17.1 Å². The lowest BCUT2D eigenvalue weighted by atomic mass is 10.2. The van der Waals surface area contributed by atoms with Crippen LogP contribution in [0.2, 0.25) is 0 Å². The Balaban J connectivity index is 2.03. The molecule has 6 nitrogen and oxygen atoms in total. The van der Waals surface area contributed by atoms with Crippen LogP contribution in [-0.4, -0.2) is 44.3 Å². The molecule has 3 aromatic rings. The first kappa shape index (κ1) is 16.3. The highest BCUT2D eigenvalue weighted by atomic mass is 32.2. The fourth-order valence-electron chi connectivity index (χ4n) is 2.53. The molecule has 0 N–H and O–H groups in total. The molecule has 0 aliphatic rings. The summed E-state index contributed by atoms with van der Waals surface area (Å²) in [5.74, 6) is 0.949. The third-order valence-corrected chi connectivity index (χ3v) is 4.29. The molecule has 0 bridgehead atoms. The van der Waals surface area contributed by atoms with Crippen molar-refractivity contribution in [2.75, 3.05) is 25.3 Å². The number of anilines is 1. The normalized spacial score (nSPS) is 12.1. The van der Waals surface area contributed by atoms with E-state index < -0.39 is 10.8 Å². The van der Waals surface area contributed by atoms with Crippen molar-refractivity contribution < 1.29 is 4.21 Å². The molecule has 0 fully saturated rings. The summed E-state index contributed by atoms with van der Waals surface area (Å²) >= 11 is 0. The second-order valence-electron chi connectivity index (χ2n) is 5.60. The summed E-state index contributed by atoms with van der Waals surface area (Å²) in [5, 5.41) is 4.85. The molecule has 0 saturated heterocycles. The molecular formula is C17H19N5OS. The van der Waals surface area contributed by atoms with Gasteiger partial charge in [0, 0.05) is 26.5 Å². The maximum absolute atomic E-state index is 11.6. The van der Waals surface area contributed by atoms with E-state index in [4.69, 9.17) is 0 Å². The van der Waals surface area contributed by atoms with Crippen molar-refractivity contribution in [3.05, 3.63) is 54.4 Å². The van der Waals surface area contributed by atoms with Crippen molar-refractivity contribution in [2.24, 2.45) is 0 Å². The van der Waals surface area contributed by atoms with Crippen LogP contribution in [0.4, 0.5) is 5.82 Å². The Labute approximate surface area is 143 Å². The van der Waals surface area contributed by atoms with Gasteiger partial charge in [-0.1, -0.05) is 30.3 Å². The summed E-state index contributed by atoms with van der Waals surface area (Å²) in [6.45, 7) is 0.673. The molecule has 2 heterocycles. The van der Waals surface area contributed by atoms with Gasteiger partial charge in [0.2, 0.25) is 5.16 Å². The lowest BCUT2D eigenvalue weighted by Gasteiger charge is -2.17. The van der Waals surface area contributed by atoms with Gasteiger partial charge in [-0.25, -0.2) is 14.6 Å². The summed E-state index contributed by atoms with van der Waals surface area (Å²) in [6, 6.07) is 12.0. The number of benzene rings is 1. The molecule has 0 aliphatic heterocycles. The molecule has 7 heteroatoms. The predicted molar refractivity (Wildman–Crippen MR) is 95.5 cm³/mol. The van der Waals surface area contributed by atoms with E-state index in [9.17, 15) is 4.21 Å². The van der Waals surface area contributed by atoms with E-state index in [1.807, 2.05) is 47.9 Å². The average molecular weight is 341 g/mol. The van der Waals surface area contributed by atoms with Crippen molar-refractivity contribution in [2.45, 2.75) is 11.7 Å². The van der Waals surface area contributed by atoms with Crippen LogP contribution >= 0.6 is 0 Å². The van der Waals surface area contributed by atoms with Gasteiger partial charge in [-0.05, 0) is 11.6 Å². The van der Waals surface area contributed by atoms with E-state index in [-0.39, 0.29) is 0 Å². The van der Waals surface area contributed by atoms with Crippen LogP contribution in [0.3, 0.4) is 0 Å². The summed E-state index contributed by atoms with van der Waals surface area (Å²) in [7, 11) is 2.73. The maximum atomic E-state index is 11.6. The molecule has 0 aliphatic carbocycles. The Kier molecular flexibility index (Phi) is 4.71. The molecule has 2 aromatic heterocycles. The smallest absolute Gasteiger partial charge is 0.218 e. The van der Waals surface area contributed by atoms with Gasteiger partial charge in [-0.15, -0.1) is 0 Å². The van der Waals surface area contributed by atoms with Crippen LogP contribution in [0, 0.1) is 0 Å². The van der Waals surface area contributed by atoms with Crippen molar-refractivity contribution >= 4 is 16.6 Å². The van der Waals surface area contributed by atoms with Crippen molar-refractivity contribution in [1.29, 1.82) is 0 Å². The predicted octanol–water partition coefficient (Wildman–Crippen LogP) is 2.19. The van der Waals surface area contributed by atoms with Gasteiger partial charge in [0.15, 0.2) is 0 Å². The Morgan fingerprint density at radius 3 is 2.58 bits per heavy atom. The van der Waals surface area contributed by atoms with Crippen molar-refractivity contribution in [3.63, 3.8) is 0 Å². The highest BCUT2D eigenvalue weighted by Crippen LogP contribution is 2.29. The number of aromatic nitrogens is 4. The number of rotatable bonds is 5. The maximum Gasteiger partial charge on any atom is 0.218 e. The Bertz CT molecular complexity index is 860. The summed E-state index contributed by atoms with van der Waals surface area (Å²) < 4.78 is 13.6. The zero-order valence-corrected chi connectivity index (χ0v) is 14.7. The molecule has 0 radical (unpaired) electrons. The molecule has 0 amide bonds. The van der Waals surface area contributed by atoms with Crippen molar-refractivity contribution in [3.8, 4) is 11.3 Å². The highest BCUT2D eigenvalue weighted by Gasteiger charge is 2.17. The largest absolute Gasteiger partial charge is 0.362 e. The third-order valence-electron chi connectivity index (χ3n) is 3.58. The molecule has 0 spiro atoms. The summed E-state index contributed by atoms with van der Waals surface area (Å²) in [6.07, 6.45) is 5.00. The molecular weight excluding hydrogens is 322 g/mol. The van der Waals surface area contributed by atoms with Crippen LogP contribution < -0.4 is 4.90 Å². The number of nitrogens with zero attached hydrogens (tertiary/aromatic N) is 5. The van der Waals surface area contributed by atoms with Crippen molar-refractivity contribution in [1.82, 2.24) is 19.7 Å². The Morgan fingerprint density at radius 2 is 1.92 bits per heavy atom. The van der Waals surface area contributed by atoms with Gasteiger partial charge >= 0.3 is 0 Å². The minimum absolute atomic E-state index is 0.327. The van der Waals surface area contributed by atoms with Crippen LogP contribution in [0.15, 0.2) is 53.9 Å². The Hall–Kier alpha value is -2.54. The minimum atomic E-state index is -1.22. The minimum Gasteiger partial charge on any atom is -0.362 e. The van der Waals surface area contributed by atoms with E-state index in [2.05, 4.69) is 27.2 Å². The van der Waals surface area contributed by atoms with Gasteiger partial charge in [0.1, 0.15) is 5.82 Å². The van der Waals surface area contributed by atoms with Gasteiger partial charge in [0.05, 0.1) is 34.8 Å². The number of hydrogen-bond acceptors (Lipinski definition) is 5. The van der Waals surface area contributed by atoms with E-state index in [1.54, 1.807) is 18.6 Å². The zero-order valence-electron chi connectivity index (χ0n) is 13.9. The fraction of sp³-hybridized carbons (Fsp3) is 0.235. The highest BCUT2D eigenvalue weighted by molar-refractivity contribution is 7.84. The van der Waals surface area contributed by atoms with Gasteiger partial charge in [0.25, 0.3) is 0 Å². The molecule has 24 heavy (non-hydrogen) atoms. The first-order chi connectivity index (χ1) is 11.6. The monoisotopic (exact) mass is 341 g/mol. The lowest BCUT2D eigenvalue weighted by Crippen LogP contribution is -2.16. The van der Waals surface area contributed by atoms with Gasteiger partial charge in [-0.2, -0.15) is 5.10 Å². The van der Waals surface area contributed by atoms with Gasteiger partial charge in [-0.3, -0.25) is 4.21 Å². The average Bonchev–Trinajstić information content (AvgIpc) is 2.99. The molecule has 1 atom stereocenters. The van der Waals surface area contributed by atoms with Crippen LogP contribution in [0.25, 0.3) is 11.3 Å². The van der Waals surface area contributed by atoms with E-state index in [1.165, 1.54) is 5.56 Å².